The van der Waals surface area contributed by atoms with Crippen molar-refractivity contribution in [3.8, 4) is 0 Å². The first kappa shape index (κ1) is 29.3. The second kappa shape index (κ2) is 12.5. The lowest BCUT2D eigenvalue weighted by Crippen LogP contribution is -2.45. The molecular formula is C28H38BrN7O2. The molecule has 10 heteroatoms. The number of rotatable bonds is 6. The number of nitrogens with one attached hydrogen (secondary N) is 3. The quantitative estimate of drug-likeness (QED) is 0.295. The lowest BCUT2D eigenvalue weighted by molar-refractivity contribution is 0.102. The average Bonchev–Trinajstić information content (AvgIpc) is 3.38. The first-order chi connectivity index (χ1) is 17.6. The van der Waals surface area contributed by atoms with E-state index >= 15 is 0 Å². The minimum absolute atomic E-state index is 0. The molecule has 1 fully saturated rings. The van der Waals surface area contributed by atoms with Gasteiger partial charge in [-0.15, -0.1) is 5.10 Å². The van der Waals surface area contributed by atoms with E-state index in [1.807, 2.05) is 42.2 Å². The van der Waals surface area contributed by atoms with Crippen LogP contribution in [-0.2, 0) is 6.54 Å². The molecule has 0 atom stereocenters. The molecule has 4 rings (SSSR count). The number of anilines is 2. The van der Waals surface area contributed by atoms with Gasteiger partial charge in [-0.1, -0.05) is 67.4 Å². The Balaban J connectivity index is 0.00000400. The third kappa shape index (κ3) is 7.40. The Labute approximate surface area is 233 Å². The Morgan fingerprint density at radius 2 is 1.74 bits per heavy atom. The third-order valence-electron chi connectivity index (χ3n) is 7.19. The van der Waals surface area contributed by atoms with E-state index < -0.39 is 0 Å². The number of aromatic amines is 1. The van der Waals surface area contributed by atoms with Crippen LogP contribution in [0.2, 0.25) is 0 Å². The van der Waals surface area contributed by atoms with Gasteiger partial charge in [0.15, 0.2) is 0 Å². The molecule has 204 valence electrons. The summed E-state index contributed by atoms with van der Waals surface area (Å²) >= 11 is 3.55. The van der Waals surface area contributed by atoms with Crippen molar-refractivity contribution in [2.24, 2.45) is 11.3 Å². The van der Waals surface area contributed by atoms with Gasteiger partial charge in [-0.3, -0.25) is 10.1 Å². The number of tetrazole rings is 1. The van der Waals surface area contributed by atoms with Gasteiger partial charge in [0.2, 0.25) is 0 Å². The van der Waals surface area contributed by atoms with Crippen LogP contribution in [0.5, 0.6) is 0 Å². The van der Waals surface area contributed by atoms with Crippen LogP contribution in [0.3, 0.4) is 0 Å². The summed E-state index contributed by atoms with van der Waals surface area (Å²) in [5.41, 5.74) is 3.56. The molecule has 0 aliphatic heterocycles. The SMILES string of the molecule is C.Cc1ccc(NC(=O)N(Cc2ccc(C(=O)Nc3nn[nH]n3)cc2)C2CCC(C(C)(C)C)CC2)cc1Br. The second-order valence-electron chi connectivity index (χ2n) is 10.8. The van der Waals surface area contributed by atoms with Crippen LogP contribution in [0.1, 0.15) is 75.4 Å². The first-order valence-corrected chi connectivity index (χ1v) is 13.4. The fraction of sp³-hybridized carbons (Fsp3) is 0.464. The summed E-state index contributed by atoms with van der Waals surface area (Å²) in [5, 5.41) is 18.9. The highest BCUT2D eigenvalue weighted by Gasteiger charge is 2.33. The molecule has 2 aromatic carbocycles. The molecule has 0 unspecified atom stereocenters. The van der Waals surface area contributed by atoms with E-state index in [0.29, 0.717) is 18.0 Å². The van der Waals surface area contributed by atoms with Crippen molar-refractivity contribution in [3.05, 3.63) is 63.6 Å². The molecule has 0 saturated heterocycles. The Morgan fingerprint density at radius 1 is 1.05 bits per heavy atom. The van der Waals surface area contributed by atoms with E-state index in [1.54, 1.807) is 12.1 Å². The second-order valence-corrected chi connectivity index (χ2v) is 11.6. The number of hydrogen-bond donors (Lipinski definition) is 3. The fourth-order valence-corrected chi connectivity index (χ4v) is 5.21. The number of aryl methyl sites for hydroxylation is 1. The van der Waals surface area contributed by atoms with Crippen LogP contribution >= 0.6 is 15.9 Å². The van der Waals surface area contributed by atoms with Crippen molar-refractivity contribution in [2.45, 2.75) is 73.4 Å². The van der Waals surface area contributed by atoms with Gasteiger partial charge >= 0.3 is 6.03 Å². The van der Waals surface area contributed by atoms with Crippen LogP contribution in [-0.4, -0.2) is 43.5 Å². The minimum Gasteiger partial charge on any atom is -0.317 e. The number of H-pyrrole nitrogens is 1. The molecule has 3 N–H and O–H groups in total. The maximum Gasteiger partial charge on any atom is 0.322 e. The molecule has 1 saturated carbocycles. The smallest absolute Gasteiger partial charge is 0.317 e. The number of benzene rings is 2. The van der Waals surface area contributed by atoms with Crippen LogP contribution in [0, 0.1) is 18.3 Å². The first-order valence-electron chi connectivity index (χ1n) is 12.6. The number of carbonyl (C=O) groups excluding carboxylic acids is 2. The molecular weight excluding hydrogens is 546 g/mol. The maximum absolute atomic E-state index is 13.6. The molecule has 3 aromatic rings. The zero-order chi connectivity index (χ0) is 26.6. The number of carbonyl (C=O) groups is 2. The molecule has 38 heavy (non-hydrogen) atoms. The van der Waals surface area contributed by atoms with E-state index in [1.165, 1.54) is 0 Å². The molecule has 1 aliphatic rings. The number of urea groups is 1. The fourth-order valence-electron chi connectivity index (χ4n) is 4.83. The van der Waals surface area contributed by atoms with E-state index in [2.05, 4.69) is 68.0 Å². The van der Waals surface area contributed by atoms with Gasteiger partial charge in [-0.2, -0.15) is 5.21 Å². The number of nitrogens with zero attached hydrogens (tertiary/aromatic N) is 4. The van der Waals surface area contributed by atoms with Crippen LogP contribution in [0.25, 0.3) is 0 Å². The van der Waals surface area contributed by atoms with Crippen molar-refractivity contribution in [3.63, 3.8) is 0 Å². The highest BCUT2D eigenvalue weighted by Crippen LogP contribution is 2.39. The van der Waals surface area contributed by atoms with Crippen LogP contribution in [0.4, 0.5) is 16.4 Å². The van der Waals surface area contributed by atoms with Crippen molar-refractivity contribution < 1.29 is 9.59 Å². The number of halogens is 1. The predicted octanol–water partition coefficient (Wildman–Crippen LogP) is 6.80. The van der Waals surface area contributed by atoms with Gasteiger partial charge in [0.1, 0.15) is 0 Å². The Kier molecular flexibility index (Phi) is 9.65. The molecule has 1 aliphatic carbocycles. The van der Waals surface area contributed by atoms with Crippen molar-refractivity contribution >= 4 is 39.5 Å². The molecule has 0 bridgehead atoms. The Bertz CT molecular complexity index is 1210. The largest absolute Gasteiger partial charge is 0.322 e. The minimum atomic E-state index is -0.326. The molecule has 0 spiro atoms. The summed E-state index contributed by atoms with van der Waals surface area (Å²) in [7, 11) is 0. The molecule has 1 aromatic heterocycles. The van der Waals surface area contributed by atoms with Gasteiger partial charge in [0.25, 0.3) is 11.9 Å². The maximum atomic E-state index is 13.6. The number of aromatic nitrogens is 4. The van der Waals surface area contributed by atoms with Crippen molar-refractivity contribution in [1.82, 2.24) is 25.5 Å². The van der Waals surface area contributed by atoms with Crippen LogP contribution in [0.15, 0.2) is 46.9 Å². The van der Waals surface area contributed by atoms with Crippen molar-refractivity contribution in [2.75, 3.05) is 10.6 Å². The van der Waals surface area contributed by atoms with Gasteiger partial charge in [0, 0.05) is 28.3 Å². The Morgan fingerprint density at radius 3 is 2.32 bits per heavy atom. The molecule has 0 radical (unpaired) electrons. The average molecular weight is 585 g/mol. The van der Waals surface area contributed by atoms with Gasteiger partial charge in [-0.25, -0.2) is 4.79 Å². The summed E-state index contributed by atoms with van der Waals surface area (Å²) in [5.74, 6) is 0.442. The summed E-state index contributed by atoms with van der Waals surface area (Å²) in [6.07, 6.45) is 4.14. The molecule has 3 amide bonds. The lowest BCUT2D eigenvalue weighted by atomic mass is 9.71. The summed E-state index contributed by atoms with van der Waals surface area (Å²) in [6, 6.07) is 13.1. The number of amides is 3. The molecule has 1 heterocycles. The van der Waals surface area contributed by atoms with Crippen molar-refractivity contribution in [1.29, 1.82) is 0 Å². The topological polar surface area (TPSA) is 116 Å². The van der Waals surface area contributed by atoms with Gasteiger partial charge in [0.05, 0.1) is 0 Å². The Hall–Kier alpha value is -3.27. The lowest BCUT2D eigenvalue weighted by Gasteiger charge is -2.41. The zero-order valence-corrected chi connectivity index (χ0v) is 23.3. The standard InChI is InChI=1S/C27H34BrN7O2.CH4/c1-17-5-12-21(15-23(17)28)29-26(37)35(22-13-10-20(11-14-22)27(2,3)4)16-18-6-8-19(9-7-18)24(36)30-25-31-33-34-32-25;/h5-9,12,15,20,22H,10-11,13-14,16H2,1-4H3,(H,29,37)(H2,30,31,32,33,34,36);1H4. The number of hydrogen-bond acceptors (Lipinski definition) is 5. The third-order valence-corrected chi connectivity index (χ3v) is 8.04. The van der Waals surface area contributed by atoms with E-state index in [-0.39, 0.29) is 36.8 Å². The van der Waals surface area contributed by atoms with Crippen LogP contribution < -0.4 is 10.6 Å². The van der Waals surface area contributed by atoms with E-state index in [4.69, 9.17) is 0 Å². The highest BCUT2D eigenvalue weighted by molar-refractivity contribution is 9.10. The summed E-state index contributed by atoms with van der Waals surface area (Å²) in [6.45, 7) is 9.37. The monoisotopic (exact) mass is 583 g/mol. The highest BCUT2D eigenvalue weighted by atomic mass is 79.9. The van der Waals surface area contributed by atoms with Gasteiger partial charge < -0.3 is 10.2 Å². The predicted molar refractivity (Wildman–Crippen MR) is 154 cm³/mol. The van der Waals surface area contributed by atoms with E-state index in [9.17, 15) is 9.59 Å². The van der Waals surface area contributed by atoms with Gasteiger partial charge in [-0.05, 0) is 84.5 Å². The molecule has 9 nitrogen and oxygen atoms in total. The summed E-state index contributed by atoms with van der Waals surface area (Å²) < 4.78 is 0.956. The zero-order valence-electron chi connectivity index (χ0n) is 21.7. The normalized spacial score (nSPS) is 17.3. The van der Waals surface area contributed by atoms with E-state index in [0.717, 1.165) is 47.0 Å². The summed E-state index contributed by atoms with van der Waals surface area (Å²) in [4.78, 5) is 28.0.